The lowest BCUT2D eigenvalue weighted by molar-refractivity contribution is -0.144. The number of nitrogens with zero attached hydrogens (tertiary/aromatic N) is 3. The summed E-state index contributed by atoms with van der Waals surface area (Å²) >= 11 is 0. The number of aromatic nitrogens is 3. The predicted octanol–water partition coefficient (Wildman–Crippen LogP) is 4.22. The number of rotatable bonds is 5. The lowest BCUT2D eigenvalue weighted by Crippen LogP contribution is -2.22. The molecule has 1 aliphatic carbocycles. The lowest BCUT2D eigenvalue weighted by atomic mass is 9.74. The van der Waals surface area contributed by atoms with E-state index in [-0.39, 0.29) is 36.4 Å². The minimum absolute atomic E-state index is 0.0695. The second-order valence-electron chi connectivity index (χ2n) is 9.21. The van der Waals surface area contributed by atoms with Crippen molar-refractivity contribution in [2.24, 2.45) is 11.8 Å². The predicted molar refractivity (Wildman–Crippen MR) is 126 cm³/mol. The van der Waals surface area contributed by atoms with Crippen LogP contribution in [0.3, 0.4) is 0 Å². The largest absolute Gasteiger partial charge is 0.487 e. The Morgan fingerprint density at radius 1 is 1.26 bits per heavy atom. The number of benzene rings is 2. The molecule has 8 heteroatoms. The van der Waals surface area contributed by atoms with E-state index >= 15 is 0 Å². The molecule has 2 aliphatic rings. The minimum Gasteiger partial charge on any atom is -0.487 e. The molecule has 1 fully saturated rings. The molecule has 176 valence electrons. The first-order valence-electron chi connectivity index (χ1n) is 11.6. The number of fused-ring (bicyclic) bond motifs is 3. The third kappa shape index (κ3) is 3.83. The minimum atomic E-state index is -0.192. The van der Waals surface area contributed by atoms with Crippen LogP contribution in [0.4, 0.5) is 5.69 Å². The van der Waals surface area contributed by atoms with E-state index in [1.165, 1.54) is 12.5 Å². The topological polar surface area (TPSA) is 95.3 Å². The van der Waals surface area contributed by atoms with E-state index in [0.717, 1.165) is 52.4 Å². The highest BCUT2D eigenvalue weighted by molar-refractivity contribution is 5.88. The quantitative estimate of drug-likeness (QED) is 0.573. The molecule has 1 amide bonds. The maximum atomic E-state index is 12.3. The Balaban J connectivity index is 1.39. The van der Waals surface area contributed by atoms with Crippen molar-refractivity contribution in [2.75, 3.05) is 5.32 Å². The summed E-state index contributed by atoms with van der Waals surface area (Å²) in [6, 6.07) is 9.45. The molecule has 0 unspecified atom stereocenters. The highest BCUT2D eigenvalue weighted by Crippen LogP contribution is 2.49. The molecule has 34 heavy (non-hydrogen) atoms. The zero-order chi connectivity index (χ0) is 24.0. The Morgan fingerprint density at radius 3 is 2.76 bits per heavy atom. The molecule has 0 bridgehead atoms. The molecule has 0 radical (unpaired) electrons. The fourth-order valence-corrected chi connectivity index (χ4v) is 5.19. The SMILES string of the molecule is CC(=O)Nc1ccc(-n2nncc2COc2cc(C)c3c(c2C)[C@@H]2OC(=O)[C@@H](C)[C@@H]2CC3)cc1. The monoisotopic (exact) mass is 460 g/mol. The third-order valence-corrected chi connectivity index (χ3v) is 7.01. The van der Waals surface area contributed by atoms with Crippen LogP contribution in [0.2, 0.25) is 0 Å². The normalized spacial score (nSPS) is 20.9. The van der Waals surface area contributed by atoms with E-state index in [9.17, 15) is 9.59 Å². The molecule has 3 atom stereocenters. The molecule has 1 aromatic heterocycles. The first kappa shape index (κ1) is 22.1. The van der Waals surface area contributed by atoms with Gasteiger partial charge in [0.2, 0.25) is 5.91 Å². The van der Waals surface area contributed by atoms with Crippen LogP contribution in [0.5, 0.6) is 5.75 Å². The highest BCUT2D eigenvalue weighted by atomic mass is 16.6. The van der Waals surface area contributed by atoms with Crippen molar-refractivity contribution < 1.29 is 19.1 Å². The smallest absolute Gasteiger partial charge is 0.309 e. The van der Waals surface area contributed by atoms with Crippen LogP contribution < -0.4 is 10.1 Å². The van der Waals surface area contributed by atoms with Gasteiger partial charge >= 0.3 is 5.97 Å². The van der Waals surface area contributed by atoms with Gasteiger partial charge in [-0.05, 0) is 73.7 Å². The summed E-state index contributed by atoms with van der Waals surface area (Å²) in [6.45, 7) is 7.86. The number of aryl methyl sites for hydroxylation is 1. The van der Waals surface area contributed by atoms with Crippen molar-refractivity contribution in [3.8, 4) is 11.4 Å². The number of carbonyl (C=O) groups is 2. The molecule has 1 aliphatic heterocycles. The number of anilines is 1. The molecular formula is C26H28N4O4. The fraction of sp³-hybridized carbons (Fsp3) is 0.385. The van der Waals surface area contributed by atoms with Gasteiger partial charge in [-0.15, -0.1) is 5.10 Å². The third-order valence-electron chi connectivity index (χ3n) is 7.01. The van der Waals surface area contributed by atoms with Gasteiger partial charge in [0.25, 0.3) is 0 Å². The molecule has 0 saturated carbocycles. The number of ether oxygens (including phenoxy) is 2. The van der Waals surface area contributed by atoms with Gasteiger partial charge in [0.05, 0.1) is 17.8 Å². The van der Waals surface area contributed by atoms with E-state index in [1.807, 2.05) is 38.1 Å². The van der Waals surface area contributed by atoms with Crippen molar-refractivity contribution >= 4 is 17.6 Å². The van der Waals surface area contributed by atoms with E-state index in [0.29, 0.717) is 0 Å². The maximum absolute atomic E-state index is 12.3. The molecule has 5 rings (SSSR count). The number of hydrogen-bond donors (Lipinski definition) is 1. The van der Waals surface area contributed by atoms with Crippen molar-refractivity contribution in [2.45, 2.75) is 53.2 Å². The second-order valence-corrected chi connectivity index (χ2v) is 9.21. The molecule has 0 spiro atoms. The summed E-state index contributed by atoms with van der Waals surface area (Å²) in [5, 5.41) is 11.0. The van der Waals surface area contributed by atoms with Crippen LogP contribution in [0.15, 0.2) is 36.5 Å². The Bertz CT molecular complexity index is 1260. The van der Waals surface area contributed by atoms with Gasteiger partial charge in [-0.25, -0.2) is 4.68 Å². The standard InChI is InChI=1S/C26H28N4O4/c1-14-11-23(16(3)24-21(14)9-10-22-15(2)26(32)34-25(22)24)33-13-20-12-27-29-30(20)19-7-5-18(6-8-19)28-17(4)31/h5-8,11-12,15,22,25H,9-10,13H2,1-4H3,(H,28,31)/t15-,22-,25+/m0/s1. The van der Waals surface area contributed by atoms with Crippen molar-refractivity contribution in [1.82, 2.24) is 15.0 Å². The Kier molecular flexibility index (Phi) is 5.59. The number of esters is 1. The molecule has 1 saturated heterocycles. The number of nitrogens with one attached hydrogen (secondary N) is 1. The zero-order valence-corrected chi connectivity index (χ0v) is 19.8. The second kappa shape index (κ2) is 8.59. The van der Waals surface area contributed by atoms with Crippen LogP contribution in [0, 0.1) is 25.7 Å². The molecular weight excluding hydrogens is 432 g/mol. The van der Waals surface area contributed by atoms with E-state index in [1.54, 1.807) is 10.9 Å². The van der Waals surface area contributed by atoms with Crippen LogP contribution in [-0.2, 0) is 27.4 Å². The summed E-state index contributed by atoms with van der Waals surface area (Å²) in [7, 11) is 0. The van der Waals surface area contributed by atoms with Crippen molar-refractivity contribution in [3.05, 3.63) is 64.5 Å². The average Bonchev–Trinajstić information content (AvgIpc) is 3.39. The summed E-state index contributed by atoms with van der Waals surface area (Å²) in [5.41, 5.74) is 6.90. The van der Waals surface area contributed by atoms with Crippen LogP contribution in [0.25, 0.3) is 5.69 Å². The van der Waals surface area contributed by atoms with E-state index in [4.69, 9.17) is 9.47 Å². The number of carbonyl (C=O) groups excluding carboxylic acids is 2. The maximum Gasteiger partial charge on any atom is 0.309 e. The van der Waals surface area contributed by atoms with Crippen LogP contribution in [0.1, 0.15) is 54.3 Å². The Morgan fingerprint density at radius 2 is 2.03 bits per heavy atom. The number of amides is 1. The highest BCUT2D eigenvalue weighted by Gasteiger charge is 2.46. The average molecular weight is 461 g/mol. The lowest BCUT2D eigenvalue weighted by Gasteiger charge is -2.31. The molecule has 8 nitrogen and oxygen atoms in total. The summed E-state index contributed by atoms with van der Waals surface area (Å²) in [5.74, 6) is 0.706. The molecule has 2 aromatic carbocycles. The van der Waals surface area contributed by atoms with Gasteiger partial charge in [0.15, 0.2) is 0 Å². The molecule has 2 heterocycles. The zero-order valence-electron chi connectivity index (χ0n) is 19.8. The van der Waals surface area contributed by atoms with Gasteiger partial charge in [-0.3, -0.25) is 9.59 Å². The van der Waals surface area contributed by atoms with Gasteiger partial charge in [-0.1, -0.05) is 12.1 Å². The first-order valence-corrected chi connectivity index (χ1v) is 11.6. The van der Waals surface area contributed by atoms with Crippen LogP contribution in [-0.4, -0.2) is 26.9 Å². The van der Waals surface area contributed by atoms with Gasteiger partial charge < -0.3 is 14.8 Å². The summed E-state index contributed by atoms with van der Waals surface area (Å²) < 4.78 is 13.8. The van der Waals surface area contributed by atoms with Gasteiger partial charge in [-0.2, -0.15) is 0 Å². The fourth-order valence-electron chi connectivity index (χ4n) is 5.19. The van der Waals surface area contributed by atoms with Crippen molar-refractivity contribution in [1.29, 1.82) is 0 Å². The molecule has 3 aromatic rings. The van der Waals surface area contributed by atoms with E-state index < -0.39 is 0 Å². The molecule has 1 N–H and O–H groups in total. The Hall–Kier alpha value is -3.68. The van der Waals surface area contributed by atoms with Crippen molar-refractivity contribution in [3.63, 3.8) is 0 Å². The Labute approximate surface area is 198 Å². The first-order chi connectivity index (χ1) is 16.3. The van der Waals surface area contributed by atoms with E-state index in [2.05, 4.69) is 28.6 Å². The van der Waals surface area contributed by atoms with Gasteiger partial charge in [0, 0.05) is 24.1 Å². The summed E-state index contributed by atoms with van der Waals surface area (Å²) in [4.78, 5) is 23.5. The number of hydrogen-bond acceptors (Lipinski definition) is 6. The summed E-state index contributed by atoms with van der Waals surface area (Å²) in [6.07, 6.45) is 3.41. The van der Waals surface area contributed by atoms with Crippen LogP contribution >= 0.6 is 0 Å². The van der Waals surface area contributed by atoms with Gasteiger partial charge in [0.1, 0.15) is 24.2 Å².